The van der Waals surface area contributed by atoms with E-state index in [1.165, 1.54) is 21.9 Å². The number of hydrogen-bond acceptors (Lipinski definition) is 5. The maximum atomic E-state index is 13.1. The molecule has 0 spiro atoms. The van der Waals surface area contributed by atoms with Gasteiger partial charge in [-0.1, -0.05) is 66.2 Å². The molecule has 1 aromatic heterocycles. The van der Waals surface area contributed by atoms with Crippen LogP contribution >= 0.6 is 0 Å². The molecule has 5 nitrogen and oxygen atoms in total. The smallest absolute Gasteiger partial charge is 0.200 e. The molecule has 0 radical (unpaired) electrons. The molecule has 0 saturated carbocycles. The largest absolute Gasteiger partial charge is 0.744 e. The molecule has 0 aliphatic heterocycles. The van der Waals surface area contributed by atoms with Crippen LogP contribution in [0, 0.1) is 6.92 Å². The van der Waals surface area contributed by atoms with Gasteiger partial charge in [-0.3, -0.25) is 4.79 Å². The molecular formula is C32H24O5S2. The first kappa shape index (κ1) is 26.4. The zero-order valence-electron chi connectivity index (χ0n) is 21.0. The Bertz CT molecular complexity index is 1860. The van der Waals surface area contributed by atoms with Gasteiger partial charge in [0, 0.05) is 6.07 Å². The minimum atomic E-state index is -4.27. The van der Waals surface area contributed by atoms with Crippen molar-refractivity contribution in [2.45, 2.75) is 26.5 Å². The second-order valence-corrected chi connectivity index (χ2v) is 12.2. The summed E-state index contributed by atoms with van der Waals surface area (Å²) in [6, 6.07) is 40.0. The van der Waals surface area contributed by atoms with Crippen molar-refractivity contribution in [1.82, 2.24) is 0 Å². The van der Waals surface area contributed by atoms with Gasteiger partial charge in [0.1, 0.15) is 21.3 Å². The summed E-state index contributed by atoms with van der Waals surface area (Å²) in [6.07, 6.45) is 0. The third kappa shape index (κ3) is 5.96. The van der Waals surface area contributed by atoms with Crippen LogP contribution in [0.3, 0.4) is 0 Å². The lowest BCUT2D eigenvalue weighted by Crippen LogP contribution is -2.07. The van der Waals surface area contributed by atoms with Gasteiger partial charge in [0.15, 0.2) is 14.7 Å². The normalized spacial score (nSPS) is 11.4. The monoisotopic (exact) mass is 552 g/mol. The van der Waals surface area contributed by atoms with E-state index in [1.807, 2.05) is 55.5 Å². The summed E-state index contributed by atoms with van der Waals surface area (Å²) in [5.41, 5.74) is 2.19. The van der Waals surface area contributed by atoms with Gasteiger partial charge in [0.25, 0.3) is 0 Å². The first-order chi connectivity index (χ1) is 18.8. The van der Waals surface area contributed by atoms with Crippen LogP contribution in [0.25, 0.3) is 21.9 Å². The Balaban J connectivity index is 0.000000237. The van der Waals surface area contributed by atoms with Gasteiger partial charge >= 0.3 is 0 Å². The number of fused-ring (bicyclic) bond motifs is 2. The van der Waals surface area contributed by atoms with Crippen LogP contribution in [0.5, 0.6) is 0 Å². The van der Waals surface area contributed by atoms with E-state index in [2.05, 4.69) is 54.6 Å². The predicted molar refractivity (Wildman–Crippen MR) is 154 cm³/mol. The summed E-state index contributed by atoms with van der Waals surface area (Å²) in [5, 5.41) is 1.24. The minimum absolute atomic E-state index is 0.0170. The second-order valence-electron chi connectivity index (χ2n) is 8.78. The lowest BCUT2D eigenvalue weighted by Gasteiger charge is -2.09. The molecule has 0 saturated heterocycles. The highest BCUT2D eigenvalue weighted by Gasteiger charge is 2.29. The van der Waals surface area contributed by atoms with E-state index < -0.39 is 10.1 Å². The van der Waals surface area contributed by atoms with Crippen molar-refractivity contribution in [3.05, 3.63) is 143 Å². The van der Waals surface area contributed by atoms with Crippen molar-refractivity contribution in [2.75, 3.05) is 0 Å². The maximum Gasteiger partial charge on any atom is 0.200 e. The van der Waals surface area contributed by atoms with Gasteiger partial charge in [0.05, 0.1) is 26.6 Å². The number of aryl methyl sites for hydroxylation is 1. The lowest BCUT2D eigenvalue weighted by molar-refractivity contribution is 0.463. The number of benzene rings is 5. The highest BCUT2D eigenvalue weighted by atomic mass is 32.2. The average molecular weight is 553 g/mol. The van der Waals surface area contributed by atoms with Crippen molar-refractivity contribution < 1.29 is 17.4 Å². The van der Waals surface area contributed by atoms with Gasteiger partial charge in [-0.25, -0.2) is 8.42 Å². The van der Waals surface area contributed by atoms with Crippen LogP contribution in [0.15, 0.2) is 156 Å². The fraction of sp³-hybridized carbons (Fsp3) is 0.0312. The van der Waals surface area contributed by atoms with Crippen molar-refractivity contribution in [3.8, 4) is 0 Å². The number of hydrogen-bond donors (Lipinski definition) is 0. The fourth-order valence-electron chi connectivity index (χ4n) is 4.14. The second kappa shape index (κ2) is 11.3. The van der Waals surface area contributed by atoms with Gasteiger partial charge in [-0.2, -0.15) is 0 Å². The molecule has 0 bridgehead atoms. The van der Waals surface area contributed by atoms with E-state index in [1.54, 1.807) is 12.1 Å². The molecule has 0 amide bonds. The summed E-state index contributed by atoms with van der Waals surface area (Å²) in [7, 11) is -4.56. The van der Waals surface area contributed by atoms with Crippen molar-refractivity contribution in [3.63, 3.8) is 0 Å². The van der Waals surface area contributed by atoms with Crippen LogP contribution in [0.4, 0.5) is 0 Å². The molecule has 0 aliphatic rings. The molecule has 194 valence electrons. The molecule has 6 rings (SSSR count). The van der Waals surface area contributed by atoms with Gasteiger partial charge < -0.3 is 8.97 Å². The summed E-state index contributed by atoms with van der Waals surface area (Å²) >= 11 is 0. The maximum absolute atomic E-state index is 13.1. The molecule has 7 heteroatoms. The number of rotatable bonds is 4. The van der Waals surface area contributed by atoms with E-state index in [4.69, 9.17) is 4.42 Å². The van der Waals surface area contributed by atoms with Crippen LogP contribution in [-0.4, -0.2) is 13.0 Å². The molecule has 0 fully saturated rings. The Kier molecular flexibility index (Phi) is 7.65. The number of para-hydroxylation sites is 1. The lowest BCUT2D eigenvalue weighted by atomic mass is 10.1. The molecule has 39 heavy (non-hydrogen) atoms. The Morgan fingerprint density at radius 2 is 1.15 bits per heavy atom. The summed E-state index contributed by atoms with van der Waals surface area (Å²) in [4.78, 5) is 16.4. The topological polar surface area (TPSA) is 87.4 Å². The average Bonchev–Trinajstić information content (AvgIpc) is 2.95. The Hall–Kier alpha value is -4.17. The Morgan fingerprint density at radius 1 is 0.615 bits per heavy atom. The van der Waals surface area contributed by atoms with Crippen molar-refractivity contribution >= 4 is 43.0 Å². The molecule has 0 N–H and O–H groups in total. The zero-order chi connectivity index (χ0) is 27.4. The Labute approximate surface area is 229 Å². The quantitative estimate of drug-likeness (QED) is 0.134. The van der Waals surface area contributed by atoms with Gasteiger partial charge in [0.2, 0.25) is 5.43 Å². The predicted octanol–water partition coefficient (Wildman–Crippen LogP) is 6.94. The van der Waals surface area contributed by atoms with Crippen molar-refractivity contribution in [2.24, 2.45) is 0 Å². The summed E-state index contributed by atoms with van der Waals surface area (Å²) in [6.45, 7) is 1.82. The third-order valence-electron chi connectivity index (χ3n) is 6.05. The molecule has 0 aliphatic carbocycles. The van der Waals surface area contributed by atoms with Crippen molar-refractivity contribution in [1.29, 1.82) is 0 Å². The van der Waals surface area contributed by atoms with E-state index in [0.29, 0.717) is 21.9 Å². The van der Waals surface area contributed by atoms with Gasteiger partial charge in [-0.15, -0.1) is 0 Å². The highest BCUT2D eigenvalue weighted by molar-refractivity contribution is 7.97. The Morgan fingerprint density at radius 3 is 1.74 bits per heavy atom. The standard InChI is InChI=1S/C25H17O2S.C7H8O3S/c26-25-21-13-7-8-14-23(21)27-24-16-15-20(17-22(24)25)28(18-9-3-1-4-10-18)19-11-5-2-6-12-19;1-6-2-4-7(5-3-6)11(8,9)10/h1-17H;2-5H,1H3,(H,8,9,10)/q+1;/p-1. The first-order valence-electron chi connectivity index (χ1n) is 12.1. The molecule has 0 atom stereocenters. The molecule has 1 heterocycles. The summed E-state index contributed by atoms with van der Waals surface area (Å²) in [5.74, 6) is 0. The first-order valence-corrected chi connectivity index (χ1v) is 14.8. The van der Waals surface area contributed by atoms with Crippen LogP contribution in [0.2, 0.25) is 0 Å². The fourth-order valence-corrected chi connectivity index (χ4v) is 6.72. The van der Waals surface area contributed by atoms with Crippen LogP contribution in [-0.2, 0) is 21.0 Å². The van der Waals surface area contributed by atoms with Gasteiger partial charge in [-0.05, 0) is 67.6 Å². The van der Waals surface area contributed by atoms with E-state index in [0.717, 1.165) is 10.5 Å². The molecule has 0 unspecified atom stereocenters. The van der Waals surface area contributed by atoms with E-state index in [-0.39, 0.29) is 21.2 Å². The third-order valence-corrected chi connectivity index (χ3v) is 9.11. The molecular weight excluding hydrogens is 528 g/mol. The van der Waals surface area contributed by atoms with E-state index >= 15 is 0 Å². The minimum Gasteiger partial charge on any atom is -0.744 e. The van der Waals surface area contributed by atoms with E-state index in [9.17, 15) is 17.8 Å². The van der Waals surface area contributed by atoms with Crippen LogP contribution in [0.1, 0.15) is 5.56 Å². The summed E-state index contributed by atoms with van der Waals surface area (Å²) < 4.78 is 37.1. The SMILES string of the molecule is Cc1ccc(S(=O)(=O)[O-])cc1.O=c1c2ccccc2oc2ccc([S+](c3ccccc3)c3ccccc3)cc12. The highest BCUT2D eigenvalue weighted by Crippen LogP contribution is 2.32. The molecule has 5 aromatic carbocycles. The molecule has 6 aromatic rings. The van der Waals surface area contributed by atoms with Crippen LogP contribution < -0.4 is 5.43 Å². The zero-order valence-corrected chi connectivity index (χ0v) is 22.6.